The minimum Gasteiger partial charge on any atom is -0.460 e. The molecule has 0 aromatic heterocycles. The van der Waals surface area contributed by atoms with E-state index < -0.39 is 17.2 Å². The molecule has 1 fully saturated rings. The maximum absolute atomic E-state index is 11.9. The molecule has 0 aromatic carbocycles. The highest BCUT2D eigenvalue weighted by Gasteiger charge is 2.48. The molecule has 0 aromatic rings. The molecule has 1 aliphatic heterocycles. The Kier molecular flexibility index (Phi) is 5.59. The van der Waals surface area contributed by atoms with Crippen LogP contribution in [0.25, 0.3) is 0 Å². The SMILES string of the molecule is CC(C)(O)CON1C(C)(C)CC(OC(=O)C(C)(C)O)CC1(C)C. The molecule has 0 saturated carbocycles. The van der Waals surface area contributed by atoms with E-state index in [1.807, 2.05) is 32.8 Å². The normalized spacial score (nSPS) is 22.9. The van der Waals surface area contributed by atoms with Crippen LogP contribution in [0, 0.1) is 0 Å². The zero-order valence-electron chi connectivity index (χ0n) is 15.8. The van der Waals surface area contributed by atoms with Crippen molar-refractivity contribution in [1.82, 2.24) is 5.06 Å². The molecular weight excluding hydrogens is 298 g/mol. The molecule has 0 bridgehead atoms. The van der Waals surface area contributed by atoms with E-state index in [-0.39, 0.29) is 23.8 Å². The second kappa shape index (κ2) is 6.31. The Labute approximate surface area is 139 Å². The second-order valence-electron chi connectivity index (χ2n) is 9.00. The van der Waals surface area contributed by atoms with Gasteiger partial charge >= 0.3 is 5.97 Å². The van der Waals surface area contributed by atoms with Gasteiger partial charge in [-0.1, -0.05) is 0 Å². The summed E-state index contributed by atoms with van der Waals surface area (Å²) in [7, 11) is 0. The molecular formula is C17H33NO5. The summed E-state index contributed by atoms with van der Waals surface area (Å²) >= 11 is 0. The monoisotopic (exact) mass is 331 g/mol. The highest BCUT2D eigenvalue weighted by atomic mass is 16.7. The molecule has 0 atom stereocenters. The topological polar surface area (TPSA) is 79.2 Å². The fourth-order valence-corrected chi connectivity index (χ4v) is 3.12. The number of aliphatic hydroxyl groups is 2. The van der Waals surface area contributed by atoms with E-state index in [0.717, 1.165) is 0 Å². The molecule has 0 amide bonds. The fourth-order valence-electron chi connectivity index (χ4n) is 3.12. The van der Waals surface area contributed by atoms with Crippen molar-refractivity contribution in [3.8, 4) is 0 Å². The van der Waals surface area contributed by atoms with E-state index in [2.05, 4.69) is 0 Å². The number of hydroxylamine groups is 2. The maximum Gasteiger partial charge on any atom is 0.337 e. The lowest BCUT2D eigenvalue weighted by Crippen LogP contribution is -2.63. The van der Waals surface area contributed by atoms with E-state index in [0.29, 0.717) is 12.8 Å². The maximum atomic E-state index is 11.9. The lowest BCUT2D eigenvalue weighted by molar-refractivity contribution is -0.307. The van der Waals surface area contributed by atoms with E-state index in [1.165, 1.54) is 13.8 Å². The Morgan fingerprint density at radius 1 is 1.09 bits per heavy atom. The number of hydrogen-bond acceptors (Lipinski definition) is 6. The van der Waals surface area contributed by atoms with Crippen molar-refractivity contribution in [1.29, 1.82) is 0 Å². The van der Waals surface area contributed by atoms with Crippen LogP contribution in [0.1, 0.15) is 68.2 Å². The number of hydrogen-bond donors (Lipinski definition) is 2. The summed E-state index contributed by atoms with van der Waals surface area (Å²) in [4.78, 5) is 17.8. The van der Waals surface area contributed by atoms with Gasteiger partial charge in [-0.3, -0.25) is 4.84 Å². The predicted octanol–water partition coefficient (Wildman–Crippen LogP) is 2.02. The number of carbonyl (C=O) groups excluding carboxylic acids is 1. The van der Waals surface area contributed by atoms with Gasteiger partial charge < -0.3 is 14.9 Å². The minimum atomic E-state index is -1.50. The largest absolute Gasteiger partial charge is 0.460 e. The summed E-state index contributed by atoms with van der Waals surface area (Å²) in [5.74, 6) is -0.611. The van der Waals surface area contributed by atoms with Crippen LogP contribution in [0.2, 0.25) is 0 Å². The zero-order chi connectivity index (χ0) is 18.3. The van der Waals surface area contributed by atoms with Crippen LogP contribution in [0.5, 0.6) is 0 Å². The number of carbonyl (C=O) groups is 1. The summed E-state index contributed by atoms with van der Waals surface area (Å²) in [6.45, 7) is 14.5. The van der Waals surface area contributed by atoms with Crippen LogP contribution in [0.4, 0.5) is 0 Å². The average molecular weight is 331 g/mol. The average Bonchev–Trinajstić information content (AvgIpc) is 2.21. The van der Waals surface area contributed by atoms with E-state index in [1.54, 1.807) is 13.8 Å². The van der Waals surface area contributed by atoms with Gasteiger partial charge in [-0.25, -0.2) is 4.79 Å². The van der Waals surface area contributed by atoms with Crippen molar-refractivity contribution in [3.05, 3.63) is 0 Å². The second-order valence-corrected chi connectivity index (χ2v) is 9.00. The molecule has 0 spiro atoms. The number of nitrogens with zero attached hydrogens (tertiary/aromatic N) is 1. The summed E-state index contributed by atoms with van der Waals surface area (Å²) in [5, 5.41) is 21.6. The van der Waals surface area contributed by atoms with Gasteiger partial charge in [0.05, 0.1) is 12.2 Å². The van der Waals surface area contributed by atoms with Gasteiger partial charge in [0.25, 0.3) is 0 Å². The lowest BCUT2D eigenvalue weighted by atomic mass is 9.80. The molecule has 23 heavy (non-hydrogen) atoms. The molecule has 0 unspecified atom stereocenters. The quantitative estimate of drug-likeness (QED) is 0.751. The summed E-state index contributed by atoms with van der Waals surface area (Å²) in [6, 6.07) is 0. The van der Waals surface area contributed by atoms with Gasteiger partial charge in [0.15, 0.2) is 5.60 Å². The summed E-state index contributed by atoms with van der Waals surface area (Å²) in [5.41, 5.74) is -3.17. The van der Waals surface area contributed by atoms with Crippen molar-refractivity contribution < 1.29 is 24.6 Å². The minimum absolute atomic E-state index is 0.188. The van der Waals surface area contributed by atoms with Gasteiger partial charge in [0.1, 0.15) is 6.10 Å². The van der Waals surface area contributed by atoms with Crippen LogP contribution in [-0.2, 0) is 14.4 Å². The Bertz CT molecular complexity index is 413. The van der Waals surface area contributed by atoms with Crippen LogP contribution in [0.3, 0.4) is 0 Å². The highest BCUT2D eigenvalue weighted by Crippen LogP contribution is 2.40. The fraction of sp³-hybridized carbons (Fsp3) is 0.941. The molecule has 1 rings (SSSR count). The molecule has 6 heteroatoms. The molecule has 6 nitrogen and oxygen atoms in total. The standard InChI is InChI=1S/C17H33NO5/c1-14(2)9-12(23-13(19)17(7,8)21)10-15(3,4)18(14)22-11-16(5,6)20/h12,20-21H,9-11H2,1-8H3. The first-order chi connectivity index (χ1) is 10.0. The molecule has 2 N–H and O–H groups in total. The van der Waals surface area contributed by atoms with Gasteiger partial charge in [0.2, 0.25) is 0 Å². The van der Waals surface area contributed by atoms with E-state index in [9.17, 15) is 15.0 Å². The smallest absolute Gasteiger partial charge is 0.337 e. The Morgan fingerprint density at radius 2 is 1.52 bits per heavy atom. The Balaban J connectivity index is 2.85. The molecule has 1 saturated heterocycles. The Morgan fingerprint density at radius 3 is 1.87 bits per heavy atom. The third-order valence-electron chi connectivity index (χ3n) is 3.87. The molecule has 1 aliphatic rings. The van der Waals surface area contributed by atoms with Gasteiger partial charge in [-0.2, -0.15) is 5.06 Å². The van der Waals surface area contributed by atoms with Crippen molar-refractivity contribution in [2.24, 2.45) is 0 Å². The number of rotatable bonds is 5. The number of piperidine rings is 1. The van der Waals surface area contributed by atoms with Crippen LogP contribution in [0.15, 0.2) is 0 Å². The van der Waals surface area contributed by atoms with Crippen LogP contribution in [-0.4, -0.2) is 56.2 Å². The van der Waals surface area contributed by atoms with Crippen molar-refractivity contribution in [2.75, 3.05) is 6.61 Å². The molecule has 1 heterocycles. The molecule has 0 radical (unpaired) electrons. The summed E-state index contributed by atoms with van der Waals surface area (Å²) in [6.07, 6.45) is 0.884. The third kappa shape index (κ3) is 5.71. The first kappa shape index (κ1) is 20.4. The lowest BCUT2D eigenvalue weighted by Gasteiger charge is -2.53. The number of ether oxygens (including phenoxy) is 1. The van der Waals surface area contributed by atoms with Crippen molar-refractivity contribution in [2.45, 2.75) is 96.6 Å². The van der Waals surface area contributed by atoms with Crippen LogP contribution >= 0.6 is 0 Å². The van der Waals surface area contributed by atoms with Gasteiger partial charge in [-0.05, 0) is 55.4 Å². The van der Waals surface area contributed by atoms with Gasteiger partial charge in [0, 0.05) is 23.9 Å². The molecule has 0 aliphatic carbocycles. The predicted molar refractivity (Wildman–Crippen MR) is 87.7 cm³/mol. The van der Waals surface area contributed by atoms with Crippen LogP contribution < -0.4 is 0 Å². The molecule has 136 valence electrons. The Hall–Kier alpha value is -0.690. The van der Waals surface area contributed by atoms with Gasteiger partial charge in [-0.15, -0.1) is 0 Å². The van der Waals surface area contributed by atoms with E-state index >= 15 is 0 Å². The first-order valence-corrected chi connectivity index (χ1v) is 8.14. The van der Waals surface area contributed by atoms with E-state index in [4.69, 9.17) is 9.57 Å². The third-order valence-corrected chi connectivity index (χ3v) is 3.87. The summed E-state index contributed by atoms with van der Waals surface area (Å²) < 4.78 is 5.50. The highest BCUT2D eigenvalue weighted by molar-refractivity contribution is 5.78. The zero-order valence-corrected chi connectivity index (χ0v) is 15.8. The first-order valence-electron chi connectivity index (χ1n) is 8.14. The number of esters is 1. The van der Waals surface area contributed by atoms with Crippen molar-refractivity contribution in [3.63, 3.8) is 0 Å². The van der Waals surface area contributed by atoms with Crippen molar-refractivity contribution >= 4 is 5.97 Å².